The molecule has 110 valence electrons. The average Bonchev–Trinajstić information content (AvgIpc) is 2.53. The summed E-state index contributed by atoms with van der Waals surface area (Å²) in [5.74, 6) is 3.43. The topological polar surface area (TPSA) is 26.3 Å². The minimum absolute atomic E-state index is 0.348. The van der Waals surface area contributed by atoms with Gasteiger partial charge in [-0.25, -0.2) is 0 Å². The van der Waals surface area contributed by atoms with E-state index in [1.807, 2.05) is 6.08 Å². The number of benzene rings is 1. The molecule has 3 atom stereocenters. The lowest BCUT2D eigenvalue weighted by Gasteiger charge is -2.45. The molecule has 21 heavy (non-hydrogen) atoms. The van der Waals surface area contributed by atoms with E-state index in [4.69, 9.17) is 4.74 Å². The van der Waals surface area contributed by atoms with Crippen LogP contribution >= 0.6 is 0 Å². The molecule has 0 heterocycles. The predicted octanol–water partition coefficient (Wildman–Crippen LogP) is 4.04. The molecule has 1 saturated carbocycles. The number of methoxy groups -OCH3 is 1. The molecular weight excluding hydrogens is 260 g/mol. The molecule has 1 aromatic carbocycles. The van der Waals surface area contributed by atoms with Crippen LogP contribution in [0.15, 0.2) is 29.8 Å². The van der Waals surface area contributed by atoms with Crippen molar-refractivity contribution in [3.63, 3.8) is 0 Å². The van der Waals surface area contributed by atoms with Crippen molar-refractivity contribution in [2.24, 2.45) is 11.8 Å². The summed E-state index contributed by atoms with van der Waals surface area (Å²) in [4.78, 5) is 11.7. The second-order valence-corrected chi connectivity index (χ2v) is 6.74. The van der Waals surface area contributed by atoms with Crippen molar-refractivity contribution in [2.45, 2.75) is 44.4 Å². The van der Waals surface area contributed by atoms with E-state index in [1.165, 1.54) is 24.0 Å². The lowest BCUT2D eigenvalue weighted by Crippen LogP contribution is -2.34. The molecule has 0 unspecified atom stereocenters. The Morgan fingerprint density at radius 2 is 1.90 bits per heavy atom. The number of ketones is 1. The second-order valence-electron chi connectivity index (χ2n) is 6.74. The molecule has 2 nitrogen and oxygen atoms in total. The molecule has 0 amide bonds. The molecule has 1 aromatic rings. The fourth-order valence-electron chi connectivity index (χ4n) is 4.83. The van der Waals surface area contributed by atoms with Gasteiger partial charge in [-0.3, -0.25) is 4.79 Å². The molecule has 0 radical (unpaired) electrons. The minimum atomic E-state index is 0.348. The Hall–Kier alpha value is -1.57. The first-order valence-corrected chi connectivity index (χ1v) is 8.16. The van der Waals surface area contributed by atoms with Crippen molar-refractivity contribution >= 4 is 5.78 Å². The third-order valence-electron chi connectivity index (χ3n) is 5.80. The lowest BCUT2D eigenvalue weighted by atomic mass is 9.59. The summed E-state index contributed by atoms with van der Waals surface area (Å²) in [6.45, 7) is 0. The summed E-state index contributed by atoms with van der Waals surface area (Å²) in [7, 11) is 1.74. The quantitative estimate of drug-likeness (QED) is 0.777. The number of carbonyl (C=O) groups excluding carboxylic acids is 1. The summed E-state index contributed by atoms with van der Waals surface area (Å²) < 4.78 is 5.37. The number of aryl methyl sites for hydroxylation is 1. The number of rotatable bonds is 1. The molecule has 1 fully saturated rings. The average molecular weight is 282 g/mol. The van der Waals surface area contributed by atoms with Crippen LogP contribution in [-0.2, 0) is 11.2 Å². The van der Waals surface area contributed by atoms with Crippen molar-refractivity contribution in [3.8, 4) is 5.75 Å². The fraction of sp³-hybridized carbons (Fsp3) is 0.526. The van der Waals surface area contributed by atoms with Crippen LogP contribution in [0, 0.1) is 11.8 Å². The van der Waals surface area contributed by atoms with Gasteiger partial charge in [-0.1, -0.05) is 11.6 Å². The van der Waals surface area contributed by atoms with Crippen LogP contribution < -0.4 is 4.74 Å². The highest BCUT2D eigenvalue weighted by Gasteiger charge is 2.41. The Labute approximate surface area is 126 Å². The van der Waals surface area contributed by atoms with Gasteiger partial charge < -0.3 is 4.74 Å². The molecule has 4 rings (SSSR count). The first-order valence-electron chi connectivity index (χ1n) is 8.16. The van der Waals surface area contributed by atoms with E-state index in [0.717, 1.165) is 37.4 Å². The third-order valence-corrected chi connectivity index (χ3v) is 5.80. The van der Waals surface area contributed by atoms with Gasteiger partial charge in [0.05, 0.1) is 7.11 Å². The highest BCUT2D eigenvalue weighted by Crippen LogP contribution is 2.52. The van der Waals surface area contributed by atoms with Crippen molar-refractivity contribution in [1.82, 2.24) is 0 Å². The third kappa shape index (κ3) is 2.12. The van der Waals surface area contributed by atoms with Gasteiger partial charge in [-0.2, -0.15) is 0 Å². The molecule has 0 spiro atoms. The number of allylic oxidation sites excluding steroid dienone is 2. The maximum absolute atomic E-state index is 11.7. The van der Waals surface area contributed by atoms with E-state index in [-0.39, 0.29) is 0 Å². The van der Waals surface area contributed by atoms with Crippen molar-refractivity contribution in [3.05, 3.63) is 41.0 Å². The summed E-state index contributed by atoms with van der Waals surface area (Å²) >= 11 is 0. The lowest BCUT2D eigenvalue weighted by molar-refractivity contribution is -0.115. The highest BCUT2D eigenvalue weighted by atomic mass is 16.5. The molecule has 3 aliphatic carbocycles. The Kier molecular flexibility index (Phi) is 3.13. The van der Waals surface area contributed by atoms with Gasteiger partial charge in [-0.05, 0) is 79.2 Å². The largest absolute Gasteiger partial charge is 0.497 e. The molecular formula is C19H22O2. The molecule has 3 aliphatic rings. The highest BCUT2D eigenvalue weighted by molar-refractivity contribution is 5.91. The van der Waals surface area contributed by atoms with E-state index in [9.17, 15) is 4.79 Å². The summed E-state index contributed by atoms with van der Waals surface area (Å²) in [6.07, 6.45) is 8.55. The summed E-state index contributed by atoms with van der Waals surface area (Å²) in [5, 5.41) is 0. The smallest absolute Gasteiger partial charge is 0.155 e. The normalized spacial score (nSPS) is 30.8. The molecule has 0 aliphatic heterocycles. The van der Waals surface area contributed by atoms with E-state index >= 15 is 0 Å². The minimum Gasteiger partial charge on any atom is -0.497 e. The number of ether oxygens (including phenoxy) is 1. The van der Waals surface area contributed by atoms with E-state index < -0.39 is 0 Å². The van der Waals surface area contributed by atoms with Crippen LogP contribution in [0.5, 0.6) is 5.75 Å². The monoisotopic (exact) mass is 282 g/mol. The van der Waals surface area contributed by atoms with Crippen LogP contribution in [0.3, 0.4) is 0 Å². The first-order chi connectivity index (χ1) is 10.3. The zero-order valence-electron chi connectivity index (χ0n) is 12.6. The van der Waals surface area contributed by atoms with Crippen LogP contribution in [0.1, 0.15) is 49.1 Å². The second kappa shape index (κ2) is 5.01. The van der Waals surface area contributed by atoms with Gasteiger partial charge >= 0.3 is 0 Å². The number of hydrogen-bond donors (Lipinski definition) is 0. The fourth-order valence-corrected chi connectivity index (χ4v) is 4.83. The Balaban J connectivity index is 1.68. The molecule has 0 aromatic heterocycles. The van der Waals surface area contributed by atoms with Gasteiger partial charge in [0.2, 0.25) is 0 Å². The first kappa shape index (κ1) is 13.1. The van der Waals surface area contributed by atoms with Gasteiger partial charge in [0.15, 0.2) is 5.78 Å². The van der Waals surface area contributed by atoms with E-state index in [1.54, 1.807) is 12.7 Å². The van der Waals surface area contributed by atoms with Crippen molar-refractivity contribution in [2.75, 3.05) is 7.11 Å². The van der Waals surface area contributed by atoms with Gasteiger partial charge in [0, 0.05) is 6.42 Å². The zero-order valence-corrected chi connectivity index (χ0v) is 12.6. The van der Waals surface area contributed by atoms with Crippen LogP contribution in [0.2, 0.25) is 0 Å². The van der Waals surface area contributed by atoms with Crippen LogP contribution in [-0.4, -0.2) is 12.9 Å². The van der Waals surface area contributed by atoms with E-state index in [0.29, 0.717) is 17.6 Å². The SMILES string of the molecule is COc1ccc2c(c1)CC[C@H]1[C@@H]3CCC(=O)C=C3CC[C@H]21. The van der Waals surface area contributed by atoms with Crippen LogP contribution in [0.4, 0.5) is 0 Å². The van der Waals surface area contributed by atoms with Gasteiger partial charge in [0.25, 0.3) is 0 Å². The number of carbonyl (C=O) groups is 1. The summed E-state index contributed by atoms with van der Waals surface area (Å²) in [6, 6.07) is 6.62. The summed E-state index contributed by atoms with van der Waals surface area (Å²) in [5.41, 5.74) is 4.47. The number of hydrogen-bond acceptors (Lipinski definition) is 2. The molecule has 0 N–H and O–H groups in total. The molecule has 0 saturated heterocycles. The van der Waals surface area contributed by atoms with Crippen molar-refractivity contribution in [1.29, 1.82) is 0 Å². The van der Waals surface area contributed by atoms with E-state index in [2.05, 4.69) is 18.2 Å². The van der Waals surface area contributed by atoms with Crippen LogP contribution in [0.25, 0.3) is 0 Å². The molecule has 2 heteroatoms. The van der Waals surface area contributed by atoms with Crippen molar-refractivity contribution < 1.29 is 9.53 Å². The maximum atomic E-state index is 11.7. The molecule has 0 bridgehead atoms. The number of fused-ring (bicyclic) bond motifs is 5. The predicted molar refractivity (Wildman–Crippen MR) is 82.6 cm³/mol. The standard InChI is InChI=1S/C19H22O2/c1-21-15-5-9-17-13(11-15)3-7-18-16-8-4-14(20)10-12(16)2-6-19(17)18/h5,9-11,16,18-19H,2-4,6-8H2,1H3/t16-,18+,19-/m1/s1. The Morgan fingerprint density at radius 3 is 2.76 bits per heavy atom. The zero-order chi connectivity index (χ0) is 14.4. The van der Waals surface area contributed by atoms with Gasteiger partial charge in [-0.15, -0.1) is 0 Å². The Morgan fingerprint density at radius 1 is 1.05 bits per heavy atom. The Bertz CT molecular complexity index is 614. The maximum Gasteiger partial charge on any atom is 0.155 e. The van der Waals surface area contributed by atoms with Gasteiger partial charge in [0.1, 0.15) is 5.75 Å².